The second-order valence-corrected chi connectivity index (χ2v) is 10.1. The number of rotatable bonds is 19. The lowest BCUT2D eigenvalue weighted by atomic mass is 10.0. The van der Waals surface area contributed by atoms with Crippen molar-refractivity contribution in [3.05, 3.63) is 42.2 Å². The summed E-state index contributed by atoms with van der Waals surface area (Å²) in [6, 6.07) is 8.54. The molecule has 0 aliphatic carbocycles. The van der Waals surface area contributed by atoms with Gasteiger partial charge in [0.25, 0.3) is 0 Å². The van der Waals surface area contributed by atoms with Crippen LogP contribution >= 0.6 is 0 Å². The molecule has 0 fully saturated rings. The van der Waals surface area contributed by atoms with Crippen molar-refractivity contribution in [3.63, 3.8) is 0 Å². The van der Waals surface area contributed by atoms with E-state index in [2.05, 4.69) is 55.0 Å². The smallest absolute Gasteiger partial charge is 0.311 e. The van der Waals surface area contributed by atoms with Gasteiger partial charge in [-0.1, -0.05) is 122 Å². The Kier molecular flexibility index (Phi) is 15.0. The quantitative estimate of drug-likeness (QED) is 0.149. The minimum absolute atomic E-state index is 0.207. The third kappa shape index (κ3) is 12.9. The molecule has 0 amide bonds. The van der Waals surface area contributed by atoms with Crippen molar-refractivity contribution >= 4 is 5.97 Å². The number of unbranched alkanes of at least 4 members (excludes halogenated alkanes) is 10. The van der Waals surface area contributed by atoms with E-state index in [1.165, 1.54) is 82.6 Å². The molecule has 1 heterocycles. The topological polar surface area (TPSA) is 52.1 Å². The van der Waals surface area contributed by atoms with Gasteiger partial charge in [0.05, 0.1) is 12.4 Å². The summed E-state index contributed by atoms with van der Waals surface area (Å²) >= 11 is 0. The van der Waals surface area contributed by atoms with E-state index in [0.717, 1.165) is 30.7 Å². The minimum atomic E-state index is -0.207. The molecule has 0 bridgehead atoms. The Bertz CT molecular complexity index is 802. The van der Waals surface area contributed by atoms with Crippen molar-refractivity contribution in [1.29, 1.82) is 0 Å². The highest BCUT2D eigenvalue weighted by molar-refractivity contribution is 5.72. The van der Waals surface area contributed by atoms with Gasteiger partial charge in [-0.15, -0.1) is 0 Å². The molecule has 1 aromatic heterocycles. The Morgan fingerprint density at radius 3 is 2.00 bits per heavy atom. The Labute approximate surface area is 214 Å². The number of benzene rings is 1. The van der Waals surface area contributed by atoms with Crippen LogP contribution in [0.3, 0.4) is 0 Å². The van der Waals surface area contributed by atoms with Gasteiger partial charge in [-0.05, 0) is 30.7 Å². The summed E-state index contributed by atoms with van der Waals surface area (Å²) in [6.07, 6.45) is 22.7. The van der Waals surface area contributed by atoms with Gasteiger partial charge in [0.15, 0.2) is 11.6 Å². The third-order valence-electron chi connectivity index (χ3n) is 6.92. The van der Waals surface area contributed by atoms with Gasteiger partial charge in [0.2, 0.25) is 0 Å². The summed E-state index contributed by atoms with van der Waals surface area (Å²) in [5.74, 6) is 1.59. The summed E-state index contributed by atoms with van der Waals surface area (Å²) in [7, 11) is 0. The molecule has 1 atom stereocenters. The zero-order valence-corrected chi connectivity index (χ0v) is 22.6. The molecule has 1 aromatic carbocycles. The monoisotopic (exact) mass is 480 g/mol. The maximum absolute atomic E-state index is 12.0. The van der Waals surface area contributed by atoms with Crippen molar-refractivity contribution in [1.82, 2.24) is 9.97 Å². The highest BCUT2D eigenvalue weighted by Gasteiger charge is 2.08. The molecule has 35 heavy (non-hydrogen) atoms. The van der Waals surface area contributed by atoms with Crippen molar-refractivity contribution in [2.24, 2.45) is 5.92 Å². The molecule has 4 nitrogen and oxygen atoms in total. The van der Waals surface area contributed by atoms with Crippen LogP contribution in [0.2, 0.25) is 0 Å². The van der Waals surface area contributed by atoms with Crippen LogP contribution in [0.5, 0.6) is 5.75 Å². The predicted molar refractivity (Wildman–Crippen MR) is 147 cm³/mol. The first-order valence-electron chi connectivity index (χ1n) is 14.2. The number of aryl methyl sites for hydroxylation is 1. The van der Waals surface area contributed by atoms with Gasteiger partial charge >= 0.3 is 5.97 Å². The van der Waals surface area contributed by atoms with Crippen LogP contribution in [0.25, 0.3) is 11.4 Å². The molecule has 2 rings (SSSR count). The number of ether oxygens (including phenoxy) is 1. The first-order valence-corrected chi connectivity index (χ1v) is 14.2. The Morgan fingerprint density at radius 2 is 1.40 bits per heavy atom. The van der Waals surface area contributed by atoms with E-state index >= 15 is 0 Å². The summed E-state index contributed by atoms with van der Waals surface area (Å²) in [5, 5.41) is 0. The van der Waals surface area contributed by atoms with Crippen LogP contribution in [0.15, 0.2) is 36.7 Å². The molecular formula is C31H48N2O2. The fraction of sp³-hybridized carbons (Fsp3) is 0.645. The third-order valence-corrected chi connectivity index (χ3v) is 6.92. The van der Waals surface area contributed by atoms with Crippen LogP contribution in [-0.4, -0.2) is 15.9 Å². The van der Waals surface area contributed by atoms with E-state index in [0.29, 0.717) is 18.0 Å². The predicted octanol–water partition coefficient (Wildman–Crippen LogP) is 9.12. The highest BCUT2D eigenvalue weighted by Crippen LogP contribution is 2.19. The Hall–Kier alpha value is -2.23. The molecule has 0 aliphatic rings. The number of carbonyl (C=O) groups is 1. The lowest BCUT2D eigenvalue weighted by Crippen LogP contribution is -2.08. The molecular weight excluding hydrogens is 432 g/mol. The molecule has 0 N–H and O–H groups in total. The second kappa shape index (κ2) is 18.1. The lowest BCUT2D eigenvalue weighted by Gasteiger charge is -2.08. The number of aromatic nitrogens is 2. The van der Waals surface area contributed by atoms with Gasteiger partial charge < -0.3 is 4.74 Å². The van der Waals surface area contributed by atoms with Gasteiger partial charge in [-0.3, -0.25) is 4.79 Å². The fourth-order valence-electron chi connectivity index (χ4n) is 4.30. The summed E-state index contributed by atoms with van der Waals surface area (Å²) < 4.78 is 5.39. The van der Waals surface area contributed by atoms with E-state index in [1.54, 1.807) is 12.4 Å². The van der Waals surface area contributed by atoms with Crippen LogP contribution in [0.1, 0.15) is 123 Å². The van der Waals surface area contributed by atoms with Crippen LogP contribution in [0.4, 0.5) is 0 Å². The van der Waals surface area contributed by atoms with Crippen LogP contribution < -0.4 is 4.74 Å². The SMILES string of the molecule is CCCCCCCCCCCCc1ccc(-c2ncc(OC(=O)CCCCC(C)CC)cn2)cc1. The molecule has 0 radical (unpaired) electrons. The maximum atomic E-state index is 12.0. The van der Waals surface area contributed by atoms with Gasteiger partial charge in [-0.25, -0.2) is 9.97 Å². The van der Waals surface area contributed by atoms with Crippen molar-refractivity contribution in [2.75, 3.05) is 0 Å². The minimum Gasteiger partial charge on any atom is -0.423 e. The zero-order chi connectivity index (χ0) is 25.1. The lowest BCUT2D eigenvalue weighted by molar-refractivity contribution is -0.134. The first kappa shape index (κ1) is 29.0. The average Bonchev–Trinajstić information content (AvgIpc) is 2.88. The number of esters is 1. The summed E-state index contributed by atoms with van der Waals surface area (Å²) in [5.41, 5.74) is 2.35. The van der Waals surface area contributed by atoms with Gasteiger partial charge in [0.1, 0.15) is 0 Å². The normalized spacial score (nSPS) is 12.0. The average molecular weight is 481 g/mol. The highest BCUT2D eigenvalue weighted by atomic mass is 16.5. The van der Waals surface area contributed by atoms with Crippen molar-refractivity contribution in [3.8, 4) is 17.1 Å². The molecule has 4 heteroatoms. The van der Waals surface area contributed by atoms with E-state index < -0.39 is 0 Å². The van der Waals surface area contributed by atoms with Crippen molar-refractivity contribution in [2.45, 2.75) is 124 Å². The molecule has 194 valence electrons. The molecule has 0 spiro atoms. The molecule has 0 saturated heterocycles. The maximum Gasteiger partial charge on any atom is 0.311 e. The number of nitrogens with zero attached hydrogens (tertiary/aromatic N) is 2. The largest absolute Gasteiger partial charge is 0.423 e. The zero-order valence-electron chi connectivity index (χ0n) is 22.6. The molecule has 0 saturated carbocycles. The van der Waals surface area contributed by atoms with Gasteiger partial charge in [0, 0.05) is 12.0 Å². The second-order valence-electron chi connectivity index (χ2n) is 10.1. The van der Waals surface area contributed by atoms with E-state index in [-0.39, 0.29) is 5.97 Å². The van der Waals surface area contributed by atoms with Crippen LogP contribution in [0, 0.1) is 5.92 Å². The number of hydrogen-bond donors (Lipinski definition) is 0. The molecule has 1 unspecified atom stereocenters. The fourth-order valence-corrected chi connectivity index (χ4v) is 4.30. The number of carbonyl (C=O) groups excluding carboxylic acids is 1. The van der Waals surface area contributed by atoms with E-state index in [9.17, 15) is 4.79 Å². The summed E-state index contributed by atoms with van der Waals surface area (Å²) in [6.45, 7) is 6.73. The summed E-state index contributed by atoms with van der Waals surface area (Å²) in [4.78, 5) is 20.9. The van der Waals surface area contributed by atoms with Gasteiger partial charge in [-0.2, -0.15) is 0 Å². The molecule has 2 aromatic rings. The van der Waals surface area contributed by atoms with Crippen LogP contribution in [-0.2, 0) is 11.2 Å². The van der Waals surface area contributed by atoms with E-state index in [4.69, 9.17) is 4.74 Å². The van der Waals surface area contributed by atoms with Crippen molar-refractivity contribution < 1.29 is 9.53 Å². The standard InChI is InChI=1S/C31H48N2O2/c1-4-6-7-8-9-10-11-12-13-14-18-27-20-22-28(23-21-27)31-32-24-29(25-33-31)35-30(34)19-16-15-17-26(3)5-2/h20-26H,4-19H2,1-3H3. The van der Waals surface area contributed by atoms with E-state index in [1.807, 2.05) is 0 Å². The Balaban J connectivity index is 1.63. The molecule has 0 aliphatic heterocycles. The Morgan fingerprint density at radius 1 is 0.800 bits per heavy atom. The first-order chi connectivity index (χ1) is 17.1. The number of hydrogen-bond acceptors (Lipinski definition) is 4.